The van der Waals surface area contributed by atoms with E-state index in [1.807, 2.05) is 38.7 Å². The zero-order chi connectivity index (χ0) is 16.6. The third-order valence-corrected chi connectivity index (χ3v) is 4.54. The molecule has 23 heavy (non-hydrogen) atoms. The molecule has 2 aromatic rings. The van der Waals surface area contributed by atoms with E-state index < -0.39 is 0 Å². The largest absolute Gasteiger partial charge is 0.466 e. The van der Waals surface area contributed by atoms with Crippen molar-refractivity contribution >= 4 is 5.91 Å². The number of aromatic nitrogens is 2. The van der Waals surface area contributed by atoms with Crippen LogP contribution in [-0.4, -0.2) is 27.5 Å². The van der Waals surface area contributed by atoms with E-state index in [-0.39, 0.29) is 17.9 Å². The van der Waals surface area contributed by atoms with Gasteiger partial charge in [-0.25, -0.2) is 0 Å². The molecule has 1 fully saturated rings. The molecule has 6 heteroatoms. The van der Waals surface area contributed by atoms with Crippen LogP contribution in [0.2, 0.25) is 0 Å². The standard InChI is InChI=1S/C17H23N3O3/c1-5-15-18-16(19-23-15)14-7-6-8-20(14)17(21)11(3)13-9-10(2)22-12(13)4/h9,11,14H,5-8H2,1-4H3/t11-,14-/m1/s1. The van der Waals surface area contributed by atoms with Gasteiger partial charge in [0.1, 0.15) is 11.5 Å². The van der Waals surface area contributed by atoms with Crippen molar-refractivity contribution < 1.29 is 13.7 Å². The lowest BCUT2D eigenvalue weighted by Crippen LogP contribution is -2.34. The number of furan rings is 1. The molecule has 1 saturated heterocycles. The van der Waals surface area contributed by atoms with Gasteiger partial charge in [0.25, 0.3) is 0 Å². The highest BCUT2D eigenvalue weighted by molar-refractivity contribution is 5.84. The second-order valence-electron chi connectivity index (χ2n) is 6.18. The summed E-state index contributed by atoms with van der Waals surface area (Å²) in [6, 6.07) is 1.87. The first-order valence-electron chi connectivity index (χ1n) is 8.21. The monoisotopic (exact) mass is 317 g/mol. The highest BCUT2D eigenvalue weighted by Gasteiger charge is 2.36. The van der Waals surface area contributed by atoms with Crippen LogP contribution in [0.1, 0.15) is 67.4 Å². The number of aryl methyl sites for hydroxylation is 3. The van der Waals surface area contributed by atoms with Crippen molar-refractivity contribution in [2.75, 3.05) is 6.54 Å². The van der Waals surface area contributed by atoms with Gasteiger partial charge in [-0.15, -0.1) is 0 Å². The van der Waals surface area contributed by atoms with Crippen molar-refractivity contribution in [2.45, 2.75) is 58.9 Å². The Hall–Kier alpha value is -2.11. The van der Waals surface area contributed by atoms with Gasteiger partial charge in [0, 0.05) is 18.5 Å². The molecule has 0 spiro atoms. The maximum Gasteiger partial charge on any atom is 0.230 e. The highest BCUT2D eigenvalue weighted by Crippen LogP contribution is 2.34. The van der Waals surface area contributed by atoms with Gasteiger partial charge < -0.3 is 13.8 Å². The van der Waals surface area contributed by atoms with Crippen LogP contribution in [0.25, 0.3) is 0 Å². The molecular formula is C17H23N3O3. The van der Waals surface area contributed by atoms with Gasteiger partial charge in [0.2, 0.25) is 11.8 Å². The quantitative estimate of drug-likeness (QED) is 0.865. The molecular weight excluding hydrogens is 294 g/mol. The van der Waals surface area contributed by atoms with E-state index >= 15 is 0 Å². The summed E-state index contributed by atoms with van der Waals surface area (Å²) in [6.07, 6.45) is 2.55. The van der Waals surface area contributed by atoms with Crippen LogP contribution in [0.4, 0.5) is 0 Å². The predicted molar refractivity (Wildman–Crippen MR) is 84.0 cm³/mol. The molecule has 0 aliphatic carbocycles. The van der Waals surface area contributed by atoms with E-state index in [2.05, 4.69) is 10.1 Å². The fourth-order valence-electron chi connectivity index (χ4n) is 3.31. The van der Waals surface area contributed by atoms with Gasteiger partial charge in [-0.1, -0.05) is 12.1 Å². The SMILES string of the molecule is CCc1nc([C@H]2CCCN2C(=O)[C@H](C)c2cc(C)oc2C)no1. The Morgan fingerprint density at radius 3 is 2.87 bits per heavy atom. The summed E-state index contributed by atoms with van der Waals surface area (Å²) < 4.78 is 10.8. The highest BCUT2D eigenvalue weighted by atomic mass is 16.5. The summed E-state index contributed by atoms with van der Waals surface area (Å²) in [7, 11) is 0. The third kappa shape index (κ3) is 2.90. The first-order chi connectivity index (χ1) is 11.0. The molecule has 3 heterocycles. The van der Waals surface area contributed by atoms with Gasteiger partial charge in [0.15, 0.2) is 5.82 Å². The number of hydrogen-bond donors (Lipinski definition) is 0. The van der Waals surface area contributed by atoms with Crippen molar-refractivity contribution in [1.82, 2.24) is 15.0 Å². The van der Waals surface area contributed by atoms with Crippen molar-refractivity contribution in [1.29, 1.82) is 0 Å². The van der Waals surface area contributed by atoms with E-state index in [1.54, 1.807) is 0 Å². The Bertz CT molecular complexity index is 704. The van der Waals surface area contributed by atoms with Crippen molar-refractivity contribution in [3.63, 3.8) is 0 Å². The second-order valence-corrected chi connectivity index (χ2v) is 6.18. The van der Waals surface area contributed by atoms with Crippen LogP contribution in [-0.2, 0) is 11.2 Å². The number of likely N-dealkylation sites (tertiary alicyclic amines) is 1. The van der Waals surface area contributed by atoms with Gasteiger partial charge in [-0.05, 0) is 39.7 Å². The van der Waals surface area contributed by atoms with Crippen LogP contribution in [0.3, 0.4) is 0 Å². The minimum atomic E-state index is -0.231. The lowest BCUT2D eigenvalue weighted by atomic mass is 9.99. The minimum absolute atomic E-state index is 0.0812. The molecule has 2 atom stereocenters. The van der Waals surface area contributed by atoms with E-state index in [9.17, 15) is 4.79 Å². The first kappa shape index (κ1) is 15.8. The Balaban J connectivity index is 1.81. The molecule has 0 radical (unpaired) electrons. The summed E-state index contributed by atoms with van der Waals surface area (Å²) in [5.41, 5.74) is 0.959. The van der Waals surface area contributed by atoms with Crippen LogP contribution in [0.15, 0.2) is 15.0 Å². The van der Waals surface area contributed by atoms with E-state index in [0.29, 0.717) is 18.1 Å². The molecule has 1 amide bonds. The maximum absolute atomic E-state index is 13.0. The van der Waals surface area contributed by atoms with Gasteiger partial charge in [0.05, 0.1) is 12.0 Å². The third-order valence-electron chi connectivity index (χ3n) is 4.54. The van der Waals surface area contributed by atoms with Crippen molar-refractivity contribution in [2.24, 2.45) is 0 Å². The van der Waals surface area contributed by atoms with Crippen molar-refractivity contribution in [3.05, 3.63) is 34.9 Å². The Kier molecular flexibility index (Phi) is 4.24. The van der Waals surface area contributed by atoms with Crippen molar-refractivity contribution in [3.8, 4) is 0 Å². The Morgan fingerprint density at radius 1 is 1.48 bits per heavy atom. The molecule has 1 aliphatic rings. The van der Waals surface area contributed by atoms with Crippen LogP contribution < -0.4 is 0 Å². The maximum atomic E-state index is 13.0. The normalized spacial score (nSPS) is 19.3. The predicted octanol–water partition coefficient (Wildman–Crippen LogP) is 3.31. The van der Waals surface area contributed by atoms with Gasteiger partial charge in [-0.2, -0.15) is 4.98 Å². The fraction of sp³-hybridized carbons (Fsp3) is 0.588. The topological polar surface area (TPSA) is 72.4 Å². The minimum Gasteiger partial charge on any atom is -0.466 e. The lowest BCUT2D eigenvalue weighted by Gasteiger charge is -2.25. The molecule has 124 valence electrons. The van der Waals surface area contributed by atoms with E-state index in [1.165, 1.54) is 0 Å². The number of rotatable bonds is 4. The zero-order valence-corrected chi connectivity index (χ0v) is 14.1. The fourth-order valence-corrected chi connectivity index (χ4v) is 3.31. The smallest absolute Gasteiger partial charge is 0.230 e. The molecule has 0 unspecified atom stereocenters. The molecule has 2 aromatic heterocycles. The molecule has 0 N–H and O–H groups in total. The lowest BCUT2D eigenvalue weighted by molar-refractivity contribution is -0.133. The molecule has 0 saturated carbocycles. The van der Waals surface area contributed by atoms with Gasteiger partial charge in [-0.3, -0.25) is 4.79 Å². The van der Waals surface area contributed by atoms with Crippen LogP contribution in [0, 0.1) is 13.8 Å². The summed E-state index contributed by atoms with van der Waals surface area (Å²) in [4.78, 5) is 19.3. The summed E-state index contributed by atoms with van der Waals surface area (Å²) >= 11 is 0. The van der Waals surface area contributed by atoms with Gasteiger partial charge >= 0.3 is 0 Å². The first-order valence-corrected chi connectivity index (χ1v) is 8.21. The molecule has 1 aliphatic heterocycles. The number of hydrogen-bond acceptors (Lipinski definition) is 5. The Morgan fingerprint density at radius 2 is 2.26 bits per heavy atom. The second kappa shape index (κ2) is 6.18. The number of nitrogens with zero attached hydrogens (tertiary/aromatic N) is 3. The number of amides is 1. The van der Waals surface area contributed by atoms with Crippen LogP contribution >= 0.6 is 0 Å². The Labute approximate surface area is 135 Å². The molecule has 3 rings (SSSR count). The van der Waals surface area contributed by atoms with E-state index in [0.717, 1.165) is 36.5 Å². The van der Waals surface area contributed by atoms with Crippen LogP contribution in [0.5, 0.6) is 0 Å². The zero-order valence-electron chi connectivity index (χ0n) is 14.1. The molecule has 0 aromatic carbocycles. The summed E-state index contributed by atoms with van der Waals surface area (Å²) in [6.45, 7) is 8.45. The average Bonchev–Trinajstić information content (AvgIpc) is 3.23. The number of carbonyl (C=O) groups is 1. The average molecular weight is 317 g/mol. The summed E-state index contributed by atoms with van der Waals surface area (Å²) in [5, 5.41) is 4.06. The molecule has 0 bridgehead atoms. The molecule has 6 nitrogen and oxygen atoms in total. The number of carbonyl (C=O) groups excluding carboxylic acids is 1. The van der Waals surface area contributed by atoms with E-state index in [4.69, 9.17) is 8.94 Å². The summed E-state index contributed by atoms with van der Waals surface area (Å²) in [5.74, 6) is 2.76.